The summed E-state index contributed by atoms with van der Waals surface area (Å²) in [5.41, 5.74) is 8.72. The summed E-state index contributed by atoms with van der Waals surface area (Å²) in [6, 6.07) is 11.7. The maximum Gasteiger partial charge on any atom is 0.219 e. The minimum atomic E-state index is 0.494. The van der Waals surface area contributed by atoms with E-state index in [-0.39, 0.29) is 0 Å². The second kappa shape index (κ2) is 4.97. The van der Waals surface area contributed by atoms with E-state index in [9.17, 15) is 0 Å². The van der Waals surface area contributed by atoms with Crippen LogP contribution in [0.5, 0.6) is 11.6 Å². The SMILES string of the molecule is Cc1cccc(Oc2cc(CN)cc(C)n2)c1. The second-order valence-corrected chi connectivity index (χ2v) is 4.08. The van der Waals surface area contributed by atoms with Crippen LogP contribution in [-0.2, 0) is 6.54 Å². The Labute approximate surface area is 101 Å². The lowest BCUT2D eigenvalue weighted by molar-refractivity contribution is 0.460. The van der Waals surface area contributed by atoms with Crippen LogP contribution >= 0.6 is 0 Å². The first-order chi connectivity index (χ1) is 8.17. The summed E-state index contributed by atoms with van der Waals surface area (Å²) in [5.74, 6) is 1.39. The molecule has 0 fully saturated rings. The third kappa shape index (κ3) is 3.04. The van der Waals surface area contributed by atoms with Gasteiger partial charge in [-0.05, 0) is 43.2 Å². The van der Waals surface area contributed by atoms with E-state index >= 15 is 0 Å². The molecular weight excluding hydrogens is 212 g/mol. The lowest BCUT2D eigenvalue weighted by Gasteiger charge is -2.07. The van der Waals surface area contributed by atoms with Crippen molar-refractivity contribution in [1.82, 2.24) is 4.98 Å². The molecule has 0 unspecified atom stereocenters. The molecule has 1 aromatic heterocycles. The fourth-order valence-corrected chi connectivity index (χ4v) is 1.68. The average Bonchev–Trinajstić information content (AvgIpc) is 2.28. The van der Waals surface area contributed by atoms with Gasteiger partial charge in [-0.25, -0.2) is 4.98 Å². The zero-order valence-corrected chi connectivity index (χ0v) is 10.1. The van der Waals surface area contributed by atoms with Gasteiger partial charge in [0.05, 0.1) is 0 Å². The topological polar surface area (TPSA) is 48.1 Å². The van der Waals surface area contributed by atoms with E-state index in [4.69, 9.17) is 10.5 Å². The van der Waals surface area contributed by atoms with Gasteiger partial charge in [-0.15, -0.1) is 0 Å². The molecule has 88 valence electrons. The Balaban J connectivity index is 2.26. The minimum absolute atomic E-state index is 0.494. The maximum atomic E-state index is 5.72. The third-order valence-corrected chi connectivity index (χ3v) is 2.44. The first-order valence-corrected chi connectivity index (χ1v) is 5.59. The Morgan fingerprint density at radius 2 is 2.00 bits per heavy atom. The summed E-state index contributed by atoms with van der Waals surface area (Å²) < 4.78 is 5.72. The molecule has 2 aromatic rings. The van der Waals surface area contributed by atoms with Crippen molar-refractivity contribution in [2.24, 2.45) is 5.73 Å². The molecule has 0 bridgehead atoms. The van der Waals surface area contributed by atoms with Gasteiger partial charge in [-0.2, -0.15) is 0 Å². The highest BCUT2D eigenvalue weighted by Crippen LogP contribution is 2.21. The molecule has 3 heteroatoms. The third-order valence-electron chi connectivity index (χ3n) is 2.44. The molecule has 1 aromatic carbocycles. The van der Waals surface area contributed by atoms with Crippen LogP contribution in [0.1, 0.15) is 16.8 Å². The Kier molecular flexibility index (Phi) is 3.40. The number of hydrogen-bond acceptors (Lipinski definition) is 3. The molecule has 0 aliphatic heterocycles. The number of nitrogens with two attached hydrogens (primary N) is 1. The summed E-state index contributed by atoms with van der Waals surface area (Å²) in [5, 5.41) is 0. The average molecular weight is 228 g/mol. The number of aryl methyl sites for hydroxylation is 2. The Morgan fingerprint density at radius 3 is 2.71 bits per heavy atom. The van der Waals surface area contributed by atoms with Crippen LogP contribution < -0.4 is 10.5 Å². The number of pyridine rings is 1. The lowest BCUT2D eigenvalue weighted by atomic mass is 10.2. The molecule has 0 aliphatic rings. The molecule has 0 spiro atoms. The van der Waals surface area contributed by atoms with Crippen molar-refractivity contribution in [2.75, 3.05) is 0 Å². The second-order valence-electron chi connectivity index (χ2n) is 4.08. The summed E-state index contributed by atoms with van der Waals surface area (Å²) in [7, 11) is 0. The van der Waals surface area contributed by atoms with Crippen LogP contribution in [0.2, 0.25) is 0 Å². The molecule has 3 nitrogen and oxygen atoms in total. The summed E-state index contributed by atoms with van der Waals surface area (Å²) >= 11 is 0. The molecular formula is C14H16N2O. The minimum Gasteiger partial charge on any atom is -0.439 e. The molecule has 2 rings (SSSR count). The van der Waals surface area contributed by atoms with Gasteiger partial charge in [0, 0.05) is 18.3 Å². The molecule has 0 amide bonds. The van der Waals surface area contributed by atoms with Crippen molar-refractivity contribution in [3.63, 3.8) is 0 Å². The van der Waals surface area contributed by atoms with Crippen LogP contribution in [0.25, 0.3) is 0 Å². The van der Waals surface area contributed by atoms with Gasteiger partial charge < -0.3 is 10.5 Å². The Bertz CT molecular complexity index is 523. The first kappa shape index (κ1) is 11.6. The van der Waals surface area contributed by atoms with Crippen molar-refractivity contribution < 1.29 is 4.74 Å². The highest BCUT2D eigenvalue weighted by atomic mass is 16.5. The predicted molar refractivity (Wildman–Crippen MR) is 68.1 cm³/mol. The molecule has 0 aliphatic carbocycles. The van der Waals surface area contributed by atoms with Crippen molar-refractivity contribution in [3.8, 4) is 11.6 Å². The number of hydrogen-bond donors (Lipinski definition) is 1. The highest BCUT2D eigenvalue weighted by molar-refractivity contribution is 5.32. The molecule has 17 heavy (non-hydrogen) atoms. The normalized spacial score (nSPS) is 10.3. The number of nitrogens with zero attached hydrogens (tertiary/aromatic N) is 1. The van der Waals surface area contributed by atoms with Gasteiger partial charge in [0.2, 0.25) is 5.88 Å². The van der Waals surface area contributed by atoms with E-state index in [1.807, 2.05) is 50.2 Å². The lowest BCUT2D eigenvalue weighted by Crippen LogP contribution is -1.99. The van der Waals surface area contributed by atoms with Crippen LogP contribution in [0.4, 0.5) is 0 Å². The standard InChI is InChI=1S/C14H16N2O/c1-10-4-3-5-13(6-10)17-14-8-12(9-15)7-11(2)16-14/h3-8H,9,15H2,1-2H3. The Morgan fingerprint density at radius 1 is 1.18 bits per heavy atom. The Hall–Kier alpha value is -1.87. The molecule has 2 N–H and O–H groups in total. The van der Waals surface area contributed by atoms with Gasteiger partial charge >= 0.3 is 0 Å². The number of aromatic nitrogens is 1. The molecule has 0 radical (unpaired) electrons. The smallest absolute Gasteiger partial charge is 0.219 e. The summed E-state index contributed by atoms with van der Waals surface area (Å²) in [6.07, 6.45) is 0. The van der Waals surface area contributed by atoms with Crippen LogP contribution in [-0.4, -0.2) is 4.98 Å². The van der Waals surface area contributed by atoms with E-state index in [2.05, 4.69) is 4.98 Å². The van der Waals surface area contributed by atoms with E-state index < -0.39 is 0 Å². The summed E-state index contributed by atoms with van der Waals surface area (Å²) in [6.45, 7) is 4.46. The van der Waals surface area contributed by atoms with Crippen molar-refractivity contribution in [3.05, 3.63) is 53.2 Å². The molecule has 1 heterocycles. The molecule has 0 saturated carbocycles. The maximum absolute atomic E-state index is 5.72. The number of benzene rings is 1. The van der Waals surface area contributed by atoms with Gasteiger partial charge in [0.15, 0.2) is 0 Å². The van der Waals surface area contributed by atoms with Crippen molar-refractivity contribution in [1.29, 1.82) is 0 Å². The van der Waals surface area contributed by atoms with E-state index in [1.165, 1.54) is 0 Å². The van der Waals surface area contributed by atoms with Crippen LogP contribution in [0.15, 0.2) is 36.4 Å². The van der Waals surface area contributed by atoms with Crippen LogP contribution in [0.3, 0.4) is 0 Å². The van der Waals surface area contributed by atoms with E-state index in [1.54, 1.807) is 0 Å². The number of rotatable bonds is 3. The zero-order valence-electron chi connectivity index (χ0n) is 10.1. The van der Waals surface area contributed by atoms with E-state index in [0.29, 0.717) is 12.4 Å². The zero-order chi connectivity index (χ0) is 12.3. The predicted octanol–water partition coefficient (Wildman–Crippen LogP) is 2.95. The highest BCUT2D eigenvalue weighted by Gasteiger charge is 2.02. The molecule has 0 atom stereocenters. The van der Waals surface area contributed by atoms with Crippen LogP contribution in [0, 0.1) is 13.8 Å². The quantitative estimate of drug-likeness (QED) is 0.878. The van der Waals surface area contributed by atoms with E-state index in [0.717, 1.165) is 22.6 Å². The summed E-state index contributed by atoms with van der Waals surface area (Å²) in [4.78, 5) is 4.33. The first-order valence-electron chi connectivity index (χ1n) is 5.59. The molecule has 0 saturated heterocycles. The fraction of sp³-hybridized carbons (Fsp3) is 0.214. The van der Waals surface area contributed by atoms with Gasteiger partial charge in [-0.1, -0.05) is 12.1 Å². The number of ether oxygens (including phenoxy) is 1. The largest absolute Gasteiger partial charge is 0.439 e. The van der Waals surface area contributed by atoms with Gasteiger partial charge in [0.1, 0.15) is 5.75 Å². The monoisotopic (exact) mass is 228 g/mol. The fourth-order valence-electron chi connectivity index (χ4n) is 1.68. The van der Waals surface area contributed by atoms with Gasteiger partial charge in [-0.3, -0.25) is 0 Å². The van der Waals surface area contributed by atoms with Gasteiger partial charge in [0.25, 0.3) is 0 Å². The van der Waals surface area contributed by atoms with Crippen molar-refractivity contribution >= 4 is 0 Å². The van der Waals surface area contributed by atoms with Crippen molar-refractivity contribution in [2.45, 2.75) is 20.4 Å².